The predicted octanol–water partition coefficient (Wildman–Crippen LogP) is 3.99. The van der Waals surface area contributed by atoms with E-state index in [0.717, 1.165) is 6.07 Å². The lowest BCUT2D eigenvalue weighted by Gasteiger charge is -2.09. The normalized spacial score (nSPS) is 10.3. The number of hydrogen-bond donors (Lipinski definition) is 0. The van der Waals surface area contributed by atoms with Crippen LogP contribution >= 0.6 is 15.9 Å². The third kappa shape index (κ3) is 3.05. The maximum Gasteiger partial charge on any atom is 0.312 e. The van der Waals surface area contributed by atoms with Crippen molar-refractivity contribution in [2.24, 2.45) is 0 Å². The Bertz CT molecular complexity index is 649. The van der Waals surface area contributed by atoms with Crippen molar-refractivity contribution in [2.75, 3.05) is 0 Å². The molecule has 98 valence electrons. The summed E-state index contributed by atoms with van der Waals surface area (Å²) in [6, 6.07) is 5.50. The quantitative estimate of drug-likeness (QED) is 0.486. The Hall–Kier alpha value is -2.02. The molecule has 0 amide bonds. The monoisotopic (exact) mass is 326 g/mol. The number of hydrogen-bond acceptors (Lipinski definition) is 4. The van der Waals surface area contributed by atoms with Crippen LogP contribution in [0, 0.1) is 23.0 Å². The molecule has 0 aliphatic rings. The fourth-order valence-electron chi connectivity index (χ4n) is 1.55. The summed E-state index contributed by atoms with van der Waals surface area (Å²) < 4.78 is 18.9. The first-order valence-electron chi connectivity index (χ1n) is 5.21. The van der Waals surface area contributed by atoms with Crippen LogP contribution in [-0.2, 0) is 0 Å². The van der Waals surface area contributed by atoms with Gasteiger partial charge in [-0.15, -0.1) is 0 Å². The molecule has 2 rings (SSSR count). The molecule has 0 saturated heterocycles. The summed E-state index contributed by atoms with van der Waals surface area (Å²) in [5.41, 5.74) is 0.377. The molecule has 0 unspecified atom stereocenters. The number of nitrogens with zero attached hydrogens (tertiary/aromatic N) is 2. The van der Waals surface area contributed by atoms with Gasteiger partial charge in [-0.05, 0) is 24.6 Å². The second kappa shape index (κ2) is 5.31. The minimum atomic E-state index is -0.713. The molecule has 0 bridgehead atoms. The summed E-state index contributed by atoms with van der Waals surface area (Å²) in [5, 5.41) is 11.0. The topological polar surface area (TPSA) is 65.3 Å². The summed E-state index contributed by atoms with van der Waals surface area (Å²) >= 11 is 3.18. The van der Waals surface area contributed by atoms with E-state index in [1.54, 1.807) is 13.0 Å². The fourth-order valence-corrected chi connectivity index (χ4v) is 2.11. The van der Waals surface area contributed by atoms with Crippen molar-refractivity contribution in [3.05, 3.63) is 56.6 Å². The van der Waals surface area contributed by atoms with Crippen molar-refractivity contribution in [1.82, 2.24) is 4.98 Å². The Kier molecular flexibility index (Phi) is 3.75. The highest BCUT2D eigenvalue weighted by molar-refractivity contribution is 9.10. The van der Waals surface area contributed by atoms with Crippen LogP contribution in [0.4, 0.5) is 10.1 Å². The van der Waals surface area contributed by atoms with Gasteiger partial charge in [0.15, 0.2) is 0 Å². The first-order valence-corrected chi connectivity index (χ1v) is 6.00. The molecule has 1 aromatic heterocycles. The van der Waals surface area contributed by atoms with Gasteiger partial charge in [-0.1, -0.05) is 15.9 Å². The minimum Gasteiger partial charge on any atom is -0.450 e. The van der Waals surface area contributed by atoms with E-state index in [9.17, 15) is 14.5 Å². The number of pyridine rings is 1. The number of aromatic nitrogens is 1. The molecule has 0 N–H and O–H groups in total. The molecule has 0 radical (unpaired) electrons. The van der Waals surface area contributed by atoms with Crippen LogP contribution in [0.5, 0.6) is 11.5 Å². The average Bonchev–Trinajstić information content (AvgIpc) is 2.32. The molecule has 0 aliphatic carbocycles. The lowest BCUT2D eigenvalue weighted by Crippen LogP contribution is -1.96. The third-order valence-corrected chi connectivity index (χ3v) is 2.79. The molecule has 1 aromatic carbocycles. The number of nitro groups is 1. The molecule has 5 nitrogen and oxygen atoms in total. The van der Waals surface area contributed by atoms with E-state index in [0.29, 0.717) is 10.0 Å². The summed E-state index contributed by atoms with van der Waals surface area (Å²) in [7, 11) is 0. The molecule has 0 saturated carbocycles. The van der Waals surface area contributed by atoms with Crippen molar-refractivity contribution in [1.29, 1.82) is 0 Å². The number of aryl methyl sites for hydroxylation is 1. The van der Waals surface area contributed by atoms with E-state index >= 15 is 0 Å². The van der Waals surface area contributed by atoms with E-state index in [1.807, 2.05) is 0 Å². The van der Waals surface area contributed by atoms with Crippen LogP contribution in [0.15, 0.2) is 34.9 Å². The maximum atomic E-state index is 13.0. The van der Waals surface area contributed by atoms with Crippen molar-refractivity contribution in [2.45, 2.75) is 6.92 Å². The Morgan fingerprint density at radius 3 is 2.79 bits per heavy atom. The van der Waals surface area contributed by atoms with Gasteiger partial charge in [0.2, 0.25) is 11.7 Å². The largest absolute Gasteiger partial charge is 0.450 e. The molecule has 0 atom stereocenters. The van der Waals surface area contributed by atoms with Crippen LogP contribution in [0.25, 0.3) is 0 Å². The first-order chi connectivity index (χ1) is 8.97. The number of nitro benzene ring substituents is 1. The van der Waals surface area contributed by atoms with Crippen LogP contribution < -0.4 is 4.74 Å². The van der Waals surface area contributed by atoms with Crippen molar-refractivity contribution in [3.8, 4) is 11.5 Å². The molecule has 1 heterocycles. The Morgan fingerprint density at radius 2 is 2.16 bits per heavy atom. The summed E-state index contributed by atoms with van der Waals surface area (Å²) in [6.07, 6.45) is 1.23. The number of ether oxygens (including phenoxy) is 1. The predicted molar refractivity (Wildman–Crippen MR) is 69.8 cm³/mol. The van der Waals surface area contributed by atoms with Crippen molar-refractivity contribution < 1.29 is 14.1 Å². The SMILES string of the molecule is Cc1cc(Br)cc([N+](=O)[O-])c1Oc1ccnc(F)c1. The van der Waals surface area contributed by atoms with E-state index in [4.69, 9.17) is 4.74 Å². The van der Waals surface area contributed by atoms with Gasteiger partial charge in [-0.3, -0.25) is 10.1 Å². The highest BCUT2D eigenvalue weighted by Crippen LogP contribution is 2.37. The van der Waals surface area contributed by atoms with Gasteiger partial charge >= 0.3 is 5.69 Å². The summed E-state index contributed by atoms with van der Waals surface area (Å²) in [4.78, 5) is 13.8. The van der Waals surface area contributed by atoms with Gasteiger partial charge in [0, 0.05) is 22.8 Å². The van der Waals surface area contributed by atoms with E-state index in [2.05, 4.69) is 20.9 Å². The molecular formula is C12H8BrFN2O3. The molecular weight excluding hydrogens is 319 g/mol. The second-order valence-electron chi connectivity index (χ2n) is 3.74. The van der Waals surface area contributed by atoms with Gasteiger partial charge in [0.1, 0.15) is 5.75 Å². The van der Waals surface area contributed by atoms with Gasteiger partial charge in [0.25, 0.3) is 0 Å². The second-order valence-corrected chi connectivity index (χ2v) is 4.66. The van der Waals surface area contributed by atoms with E-state index in [-0.39, 0.29) is 17.2 Å². The zero-order valence-corrected chi connectivity index (χ0v) is 11.3. The average molecular weight is 327 g/mol. The van der Waals surface area contributed by atoms with E-state index in [1.165, 1.54) is 18.3 Å². The van der Waals surface area contributed by atoms with Gasteiger partial charge in [0.05, 0.1) is 4.92 Å². The van der Waals surface area contributed by atoms with Crippen LogP contribution in [0.1, 0.15) is 5.56 Å². The summed E-state index contributed by atoms with van der Waals surface area (Å²) in [6.45, 7) is 1.67. The van der Waals surface area contributed by atoms with E-state index < -0.39 is 10.9 Å². The first kappa shape index (κ1) is 13.4. The number of halogens is 2. The van der Waals surface area contributed by atoms with Crippen molar-refractivity contribution >= 4 is 21.6 Å². The Morgan fingerprint density at radius 1 is 1.42 bits per heavy atom. The summed E-state index contributed by atoms with van der Waals surface area (Å²) in [5.74, 6) is -0.477. The fraction of sp³-hybridized carbons (Fsp3) is 0.0833. The van der Waals surface area contributed by atoms with Crippen LogP contribution in [0.3, 0.4) is 0 Å². The lowest BCUT2D eigenvalue weighted by molar-refractivity contribution is -0.385. The zero-order chi connectivity index (χ0) is 14.0. The zero-order valence-electron chi connectivity index (χ0n) is 9.76. The highest BCUT2D eigenvalue weighted by Gasteiger charge is 2.19. The standard InChI is InChI=1S/C12H8BrFN2O3/c1-7-4-8(13)5-10(16(17)18)12(7)19-9-2-3-15-11(14)6-9/h2-6H,1H3. The molecule has 0 fully saturated rings. The molecule has 7 heteroatoms. The lowest BCUT2D eigenvalue weighted by atomic mass is 10.2. The minimum absolute atomic E-state index is 0.0822. The molecule has 2 aromatic rings. The smallest absolute Gasteiger partial charge is 0.312 e. The van der Waals surface area contributed by atoms with Gasteiger partial charge in [-0.2, -0.15) is 4.39 Å². The van der Waals surface area contributed by atoms with Crippen molar-refractivity contribution in [3.63, 3.8) is 0 Å². The highest BCUT2D eigenvalue weighted by atomic mass is 79.9. The van der Waals surface area contributed by atoms with Gasteiger partial charge < -0.3 is 4.74 Å². The Labute approximate surface area is 116 Å². The Balaban J connectivity index is 2.47. The van der Waals surface area contributed by atoms with Crippen LogP contribution in [0.2, 0.25) is 0 Å². The molecule has 0 spiro atoms. The number of rotatable bonds is 3. The molecule has 19 heavy (non-hydrogen) atoms. The van der Waals surface area contributed by atoms with Crippen LogP contribution in [-0.4, -0.2) is 9.91 Å². The molecule has 0 aliphatic heterocycles. The maximum absolute atomic E-state index is 13.0. The van der Waals surface area contributed by atoms with Gasteiger partial charge in [-0.25, -0.2) is 4.98 Å². The third-order valence-electron chi connectivity index (χ3n) is 2.33. The number of benzene rings is 1.